The van der Waals surface area contributed by atoms with Crippen LogP contribution in [0.25, 0.3) is 0 Å². The second-order valence-electron chi connectivity index (χ2n) is 3.79. The van der Waals surface area contributed by atoms with Crippen LogP contribution in [0.5, 0.6) is 0 Å². The zero-order valence-corrected chi connectivity index (χ0v) is 11.9. The summed E-state index contributed by atoms with van der Waals surface area (Å²) < 4.78 is 25.5. The van der Waals surface area contributed by atoms with Crippen molar-refractivity contribution in [2.45, 2.75) is 11.4 Å². The number of sulfonamides is 1. The molecule has 1 heterocycles. The van der Waals surface area contributed by atoms with Crippen molar-refractivity contribution >= 4 is 32.7 Å². The largest absolute Gasteiger partial charge is 0.397 e. The summed E-state index contributed by atoms with van der Waals surface area (Å²) in [7, 11) is -2.10. The first-order valence-corrected chi connectivity index (χ1v) is 7.89. The monoisotopic (exact) mass is 298 g/mol. The third kappa shape index (κ3) is 3.22. The number of rotatable bonds is 5. The summed E-state index contributed by atoms with van der Waals surface area (Å²) in [5, 5.41) is 5.05. The number of anilines is 2. The molecule has 0 bridgehead atoms. The second kappa shape index (κ2) is 5.55. The van der Waals surface area contributed by atoms with Gasteiger partial charge < -0.3 is 11.1 Å². The number of nitrogens with one attached hydrogen (secondary N) is 2. The van der Waals surface area contributed by atoms with Crippen molar-refractivity contribution in [3.63, 3.8) is 0 Å². The van der Waals surface area contributed by atoms with Gasteiger partial charge in [-0.2, -0.15) is 0 Å². The number of thiazole rings is 1. The van der Waals surface area contributed by atoms with E-state index in [0.29, 0.717) is 17.9 Å². The van der Waals surface area contributed by atoms with E-state index in [1.54, 1.807) is 11.6 Å². The molecule has 0 aliphatic carbocycles. The minimum Gasteiger partial charge on any atom is -0.397 e. The summed E-state index contributed by atoms with van der Waals surface area (Å²) in [6, 6.07) is 4.58. The van der Waals surface area contributed by atoms with E-state index >= 15 is 0 Å². The molecule has 0 amide bonds. The average Bonchev–Trinajstić information content (AvgIpc) is 2.90. The number of nitrogens with zero attached hydrogens (tertiary/aromatic N) is 1. The molecule has 4 N–H and O–H groups in total. The standard InChI is InChI=1S/C11H14N4O2S2/c1-13-19(16,17)9-2-3-11(10(12)4-9)14-5-8-6-18-7-15-8/h2-4,6-7,13-14H,5,12H2,1H3. The quantitative estimate of drug-likeness (QED) is 0.722. The molecule has 0 saturated carbocycles. The Morgan fingerprint density at radius 3 is 2.79 bits per heavy atom. The second-order valence-corrected chi connectivity index (χ2v) is 6.40. The molecule has 8 heteroatoms. The highest BCUT2D eigenvalue weighted by Crippen LogP contribution is 2.23. The van der Waals surface area contributed by atoms with Gasteiger partial charge in [0.05, 0.1) is 34.0 Å². The molecule has 0 atom stereocenters. The van der Waals surface area contributed by atoms with Crippen LogP contribution in [0.15, 0.2) is 34.0 Å². The molecule has 2 rings (SSSR count). The lowest BCUT2D eigenvalue weighted by atomic mass is 10.2. The maximum atomic E-state index is 11.6. The molecule has 0 radical (unpaired) electrons. The smallest absolute Gasteiger partial charge is 0.240 e. The van der Waals surface area contributed by atoms with Crippen molar-refractivity contribution in [3.8, 4) is 0 Å². The molecule has 2 aromatic rings. The Bertz CT molecular complexity index is 653. The fourth-order valence-corrected chi connectivity index (χ4v) is 2.82. The van der Waals surface area contributed by atoms with E-state index in [1.165, 1.54) is 30.5 Å². The normalized spacial score (nSPS) is 11.4. The summed E-state index contributed by atoms with van der Waals surface area (Å²) in [4.78, 5) is 4.29. The van der Waals surface area contributed by atoms with Gasteiger partial charge in [-0.05, 0) is 25.2 Å². The third-order valence-corrected chi connectivity index (χ3v) is 4.59. The van der Waals surface area contributed by atoms with Gasteiger partial charge in [0.1, 0.15) is 0 Å². The zero-order chi connectivity index (χ0) is 13.9. The Morgan fingerprint density at radius 1 is 1.42 bits per heavy atom. The van der Waals surface area contributed by atoms with E-state index in [4.69, 9.17) is 5.73 Å². The maximum Gasteiger partial charge on any atom is 0.240 e. The molecule has 0 spiro atoms. The molecule has 102 valence electrons. The van der Waals surface area contributed by atoms with E-state index < -0.39 is 10.0 Å². The van der Waals surface area contributed by atoms with Crippen LogP contribution in [-0.2, 0) is 16.6 Å². The topological polar surface area (TPSA) is 97.1 Å². The Labute approximate surface area is 115 Å². The van der Waals surface area contributed by atoms with Gasteiger partial charge in [-0.1, -0.05) is 0 Å². The van der Waals surface area contributed by atoms with E-state index in [9.17, 15) is 8.42 Å². The Morgan fingerprint density at radius 2 is 2.21 bits per heavy atom. The number of hydrogen-bond donors (Lipinski definition) is 3. The summed E-state index contributed by atoms with van der Waals surface area (Å²) >= 11 is 1.52. The zero-order valence-electron chi connectivity index (χ0n) is 10.3. The van der Waals surface area contributed by atoms with E-state index in [2.05, 4.69) is 15.0 Å². The third-order valence-electron chi connectivity index (χ3n) is 2.55. The molecule has 0 saturated heterocycles. The number of nitrogens with two attached hydrogens (primary N) is 1. The van der Waals surface area contributed by atoms with Crippen molar-refractivity contribution in [1.82, 2.24) is 9.71 Å². The van der Waals surface area contributed by atoms with Gasteiger partial charge in [0.2, 0.25) is 10.0 Å². The van der Waals surface area contributed by atoms with Crippen molar-refractivity contribution in [1.29, 1.82) is 0 Å². The minimum atomic E-state index is -3.46. The predicted molar refractivity (Wildman–Crippen MR) is 76.5 cm³/mol. The Balaban J connectivity index is 2.16. The Hall–Kier alpha value is -1.64. The predicted octanol–water partition coefficient (Wildman–Crippen LogP) is 1.25. The fraction of sp³-hybridized carbons (Fsp3) is 0.182. The molecular formula is C11H14N4O2S2. The number of hydrogen-bond acceptors (Lipinski definition) is 6. The van der Waals surface area contributed by atoms with Gasteiger partial charge in [0, 0.05) is 5.38 Å². The molecule has 0 unspecified atom stereocenters. The van der Waals surface area contributed by atoms with Gasteiger partial charge in [-0.15, -0.1) is 11.3 Å². The lowest BCUT2D eigenvalue weighted by molar-refractivity contribution is 0.588. The number of benzene rings is 1. The molecule has 0 fully saturated rings. The summed E-state index contributed by atoms with van der Waals surface area (Å²) in [6.45, 7) is 0.547. The van der Waals surface area contributed by atoms with Crippen molar-refractivity contribution in [2.75, 3.05) is 18.1 Å². The lowest BCUT2D eigenvalue weighted by Gasteiger charge is -2.10. The first kappa shape index (κ1) is 13.8. The molecule has 0 aliphatic rings. The van der Waals surface area contributed by atoms with Gasteiger partial charge in [-0.25, -0.2) is 18.1 Å². The fourth-order valence-electron chi connectivity index (χ4n) is 1.50. The van der Waals surface area contributed by atoms with E-state index in [1.807, 2.05) is 5.38 Å². The first-order chi connectivity index (χ1) is 9.03. The summed E-state index contributed by atoms with van der Waals surface area (Å²) in [5.74, 6) is 0. The van der Waals surface area contributed by atoms with Crippen molar-refractivity contribution < 1.29 is 8.42 Å². The van der Waals surface area contributed by atoms with Crippen LogP contribution in [0.1, 0.15) is 5.69 Å². The van der Waals surface area contributed by atoms with Crippen LogP contribution in [0.4, 0.5) is 11.4 Å². The molecule has 1 aromatic carbocycles. The van der Waals surface area contributed by atoms with Crippen LogP contribution < -0.4 is 15.8 Å². The number of nitrogen functional groups attached to an aromatic ring is 1. The summed E-state index contributed by atoms with van der Waals surface area (Å²) in [5.41, 5.74) is 9.57. The van der Waals surface area contributed by atoms with Crippen LogP contribution in [0.2, 0.25) is 0 Å². The van der Waals surface area contributed by atoms with Crippen LogP contribution in [0, 0.1) is 0 Å². The van der Waals surface area contributed by atoms with Crippen LogP contribution >= 0.6 is 11.3 Å². The molecule has 6 nitrogen and oxygen atoms in total. The highest BCUT2D eigenvalue weighted by Gasteiger charge is 2.12. The first-order valence-electron chi connectivity index (χ1n) is 5.47. The lowest BCUT2D eigenvalue weighted by Crippen LogP contribution is -2.18. The van der Waals surface area contributed by atoms with Crippen LogP contribution in [0.3, 0.4) is 0 Å². The van der Waals surface area contributed by atoms with Gasteiger partial charge >= 0.3 is 0 Å². The van der Waals surface area contributed by atoms with Gasteiger partial charge in [0.15, 0.2) is 0 Å². The minimum absolute atomic E-state index is 0.145. The van der Waals surface area contributed by atoms with Crippen molar-refractivity contribution in [3.05, 3.63) is 34.8 Å². The van der Waals surface area contributed by atoms with E-state index in [0.717, 1.165) is 5.69 Å². The Kier molecular flexibility index (Phi) is 4.03. The summed E-state index contributed by atoms with van der Waals surface area (Å²) in [6.07, 6.45) is 0. The highest BCUT2D eigenvalue weighted by molar-refractivity contribution is 7.89. The maximum absolute atomic E-state index is 11.6. The average molecular weight is 298 g/mol. The van der Waals surface area contributed by atoms with E-state index in [-0.39, 0.29) is 4.90 Å². The number of aromatic nitrogens is 1. The molecule has 0 aliphatic heterocycles. The molecular weight excluding hydrogens is 284 g/mol. The van der Waals surface area contributed by atoms with Gasteiger partial charge in [-0.3, -0.25) is 0 Å². The van der Waals surface area contributed by atoms with Gasteiger partial charge in [0.25, 0.3) is 0 Å². The SMILES string of the molecule is CNS(=O)(=O)c1ccc(NCc2cscn2)c(N)c1. The van der Waals surface area contributed by atoms with Crippen LogP contribution in [-0.4, -0.2) is 20.4 Å². The molecule has 19 heavy (non-hydrogen) atoms. The highest BCUT2D eigenvalue weighted by atomic mass is 32.2. The van der Waals surface area contributed by atoms with Crippen molar-refractivity contribution in [2.24, 2.45) is 0 Å². The molecule has 1 aromatic heterocycles.